The zero-order chi connectivity index (χ0) is 33.4. The summed E-state index contributed by atoms with van der Waals surface area (Å²) in [5.41, 5.74) is 0. The fourth-order valence-electron chi connectivity index (χ4n) is 6.12. The summed E-state index contributed by atoms with van der Waals surface area (Å²) in [6.07, 6.45) is 29.5. The topological polar surface area (TPSA) is 116 Å². The number of carbonyl (C=O) groups is 2. The molecule has 0 aliphatic rings. The number of unbranched alkanes of at least 4 members (excludes halogenated alkanes) is 24. The molecule has 0 saturated carbocycles. The van der Waals surface area contributed by atoms with E-state index < -0.39 is 42.8 Å². The minimum Gasteiger partial charge on any atom is -0.452 e. The predicted molar refractivity (Wildman–Crippen MR) is 187 cm³/mol. The van der Waals surface area contributed by atoms with E-state index >= 15 is 0 Å². The van der Waals surface area contributed by atoms with Gasteiger partial charge in [0.15, 0.2) is 6.10 Å². The summed E-state index contributed by atoms with van der Waals surface area (Å²) in [6, 6.07) is -1.01. The lowest BCUT2D eigenvalue weighted by atomic mass is 9.99. The standard InChI is InChI=1S/C38H75NO6/c1-4-6-8-10-12-14-16-18-19-21-23-25-27-29-31-36(45-33(3)41)38(44)39-34(32-40)37(43)35(42)30-28-26-24-22-20-17-15-13-11-9-7-5-2/h34-37,40,42-43H,4-32H2,1-3H3,(H,39,44)/t34-,35+,36?,37-/m0/s1. The van der Waals surface area contributed by atoms with E-state index in [1.54, 1.807) is 0 Å². The number of esters is 1. The van der Waals surface area contributed by atoms with Gasteiger partial charge in [-0.15, -0.1) is 0 Å². The second-order valence-electron chi connectivity index (χ2n) is 13.5. The van der Waals surface area contributed by atoms with Gasteiger partial charge in [0.25, 0.3) is 5.91 Å². The van der Waals surface area contributed by atoms with Gasteiger partial charge in [-0.3, -0.25) is 9.59 Å². The van der Waals surface area contributed by atoms with Crippen molar-refractivity contribution < 1.29 is 29.6 Å². The zero-order valence-corrected chi connectivity index (χ0v) is 29.9. The van der Waals surface area contributed by atoms with Gasteiger partial charge in [-0.05, 0) is 19.3 Å². The van der Waals surface area contributed by atoms with Crippen molar-refractivity contribution in [3.8, 4) is 0 Å². The van der Waals surface area contributed by atoms with Gasteiger partial charge >= 0.3 is 5.97 Å². The average molecular weight is 642 g/mol. The third-order valence-corrected chi connectivity index (χ3v) is 9.10. The van der Waals surface area contributed by atoms with Crippen LogP contribution in [0.2, 0.25) is 0 Å². The maximum absolute atomic E-state index is 12.9. The Morgan fingerprint density at radius 3 is 1.22 bits per heavy atom. The lowest BCUT2D eigenvalue weighted by molar-refractivity contribution is -0.155. The molecule has 4 N–H and O–H groups in total. The Morgan fingerprint density at radius 2 is 0.889 bits per heavy atom. The lowest BCUT2D eigenvalue weighted by Crippen LogP contribution is -2.53. The fourth-order valence-corrected chi connectivity index (χ4v) is 6.12. The summed E-state index contributed by atoms with van der Waals surface area (Å²) < 4.78 is 5.28. The molecule has 0 saturated heterocycles. The number of ether oxygens (including phenoxy) is 1. The van der Waals surface area contributed by atoms with Crippen LogP contribution in [-0.4, -0.2) is 58.2 Å². The molecular weight excluding hydrogens is 566 g/mol. The van der Waals surface area contributed by atoms with Crippen molar-refractivity contribution in [1.29, 1.82) is 0 Å². The minimum absolute atomic E-state index is 0.402. The van der Waals surface area contributed by atoms with Crippen LogP contribution < -0.4 is 5.32 Å². The van der Waals surface area contributed by atoms with Crippen LogP contribution in [0.5, 0.6) is 0 Å². The molecule has 0 fully saturated rings. The SMILES string of the molecule is CCCCCCCCCCCCCCCCC(OC(C)=O)C(=O)N[C@@H](CO)[C@H](O)[C@H](O)CCCCCCCCCCCCCC. The van der Waals surface area contributed by atoms with E-state index in [9.17, 15) is 24.9 Å². The van der Waals surface area contributed by atoms with Crippen LogP contribution in [0.3, 0.4) is 0 Å². The number of nitrogens with one attached hydrogen (secondary N) is 1. The molecule has 0 aromatic heterocycles. The number of carbonyl (C=O) groups excluding carboxylic acids is 2. The molecule has 0 aliphatic heterocycles. The number of rotatable bonds is 34. The predicted octanol–water partition coefficient (Wildman–Crippen LogP) is 9.08. The first-order valence-electron chi connectivity index (χ1n) is 19.3. The molecule has 1 unspecified atom stereocenters. The molecule has 7 heteroatoms. The van der Waals surface area contributed by atoms with Crippen molar-refractivity contribution in [3.05, 3.63) is 0 Å². The summed E-state index contributed by atoms with van der Waals surface area (Å²) in [4.78, 5) is 24.6. The van der Waals surface area contributed by atoms with Crippen LogP contribution in [-0.2, 0) is 14.3 Å². The van der Waals surface area contributed by atoms with E-state index in [0.717, 1.165) is 38.5 Å². The highest BCUT2D eigenvalue weighted by Gasteiger charge is 2.30. The first-order chi connectivity index (χ1) is 21.9. The van der Waals surface area contributed by atoms with Crippen LogP contribution in [0, 0.1) is 0 Å². The van der Waals surface area contributed by atoms with Crippen molar-refractivity contribution in [2.45, 2.75) is 225 Å². The molecule has 1 amide bonds. The molecule has 0 radical (unpaired) electrons. The van der Waals surface area contributed by atoms with E-state index in [2.05, 4.69) is 19.2 Å². The van der Waals surface area contributed by atoms with Crippen LogP contribution in [0.15, 0.2) is 0 Å². The Hall–Kier alpha value is -1.18. The van der Waals surface area contributed by atoms with Gasteiger partial charge in [0.1, 0.15) is 6.10 Å². The Labute approximate surface area is 278 Å². The Morgan fingerprint density at radius 1 is 0.556 bits per heavy atom. The maximum Gasteiger partial charge on any atom is 0.303 e. The van der Waals surface area contributed by atoms with Gasteiger partial charge in [-0.1, -0.05) is 174 Å². The molecule has 0 aliphatic carbocycles. The summed E-state index contributed by atoms with van der Waals surface area (Å²) in [5, 5.41) is 33.6. The minimum atomic E-state index is -1.29. The molecule has 45 heavy (non-hydrogen) atoms. The molecule has 0 aromatic carbocycles. The summed E-state index contributed by atoms with van der Waals surface area (Å²) >= 11 is 0. The number of hydrogen-bond donors (Lipinski definition) is 4. The quantitative estimate of drug-likeness (QED) is 0.0411. The van der Waals surface area contributed by atoms with Crippen LogP contribution >= 0.6 is 0 Å². The normalized spacial score (nSPS) is 14.2. The van der Waals surface area contributed by atoms with Gasteiger partial charge < -0.3 is 25.4 Å². The molecule has 4 atom stereocenters. The fraction of sp³-hybridized carbons (Fsp3) is 0.947. The monoisotopic (exact) mass is 642 g/mol. The number of amides is 1. The summed E-state index contributed by atoms with van der Waals surface area (Å²) in [7, 11) is 0. The van der Waals surface area contributed by atoms with Crippen molar-refractivity contribution in [3.63, 3.8) is 0 Å². The number of aliphatic hydroxyl groups excluding tert-OH is 3. The molecule has 0 rings (SSSR count). The molecular formula is C38H75NO6. The van der Waals surface area contributed by atoms with Crippen molar-refractivity contribution >= 4 is 11.9 Å². The van der Waals surface area contributed by atoms with E-state index in [1.165, 1.54) is 135 Å². The number of hydrogen-bond acceptors (Lipinski definition) is 6. The van der Waals surface area contributed by atoms with Gasteiger partial charge in [-0.2, -0.15) is 0 Å². The average Bonchev–Trinajstić information content (AvgIpc) is 3.02. The van der Waals surface area contributed by atoms with Crippen LogP contribution in [0.4, 0.5) is 0 Å². The van der Waals surface area contributed by atoms with E-state index in [0.29, 0.717) is 12.8 Å². The largest absolute Gasteiger partial charge is 0.452 e. The van der Waals surface area contributed by atoms with Gasteiger partial charge in [0.05, 0.1) is 18.8 Å². The highest BCUT2D eigenvalue weighted by atomic mass is 16.5. The van der Waals surface area contributed by atoms with Crippen LogP contribution in [0.1, 0.15) is 201 Å². The maximum atomic E-state index is 12.9. The van der Waals surface area contributed by atoms with Gasteiger partial charge in [0.2, 0.25) is 0 Å². The molecule has 268 valence electrons. The van der Waals surface area contributed by atoms with E-state index in [4.69, 9.17) is 4.74 Å². The highest BCUT2D eigenvalue weighted by Crippen LogP contribution is 2.17. The summed E-state index contributed by atoms with van der Waals surface area (Å²) in [5.74, 6) is -1.07. The second kappa shape index (κ2) is 32.7. The van der Waals surface area contributed by atoms with Crippen molar-refractivity contribution in [1.82, 2.24) is 5.32 Å². The van der Waals surface area contributed by atoms with Crippen molar-refractivity contribution in [2.75, 3.05) is 6.61 Å². The van der Waals surface area contributed by atoms with Crippen molar-refractivity contribution in [2.24, 2.45) is 0 Å². The molecule has 7 nitrogen and oxygen atoms in total. The molecule has 0 heterocycles. The lowest BCUT2D eigenvalue weighted by Gasteiger charge is -2.28. The Balaban J connectivity index is 4.15. The first-order valence-corrected chi connectivity index (χ1v) is 19.3. The van der Waals surface area contributed by atoms with Gasteiger partial charge in [-0.25, -0.2) is 0 Å². The summed E-state index contributed by atoms with van der Waals surface area (Å²) in [6.45, 7) is 5.27. The van der Waals surface area contributed by atoms with Crippen LogP contribution in [0.25, 0.3) is 0 Å². The molecule has 0 bridgehead atoms. The molecule has 0 spiro atoms. The Kier molecular flexibility index (Phi) is 31.9. The third kappa shape index (κ3) is 27.6. The smallest absolute Gasteiger partial charge is 0.303 e. The number of aliphatic hydroxyl groups is 3. The third-order valence-electron chi connectivity index (χ3n) is 9.10. The van der Waals surface area contributed by atoms with E-state index in [-0.39, 0.29) is 0 Å². The molecule has 0 aromatic rings. The second-order valence-corrected chi connectivity index (χ2v) is 13.5. The van der Waals surface area contributed by atoms with Gasteiger partial charge in [0, 0.05) is 6.92 Å². The Bertz CT molecular complexity index is 660. The zero-order valence-electron chi connectivity index (χ0n) is 29.9. The van der Waals surface area contributed by atoms with E-state index in [1.807, 2.05) is 0 Å². The first kappa shape index (κ1) is 43.8. The highest BCUT2D eigenvalue weighted by molar-refractivity contribution is 5.83.